The van der Waals surface area contributed by atoms with Gasteiger partial charge in [0.15, 0.2) is 0 Å². The van der Waals surface area contributed by atoms with E-state index in [2.05, 4.69) is 5.32 Å². The number of nitrogens with one attached hydrogen (secondary N) is 1. The summed E-state index contributed by atoms with van der Waals surface area (Å²) in [4.78, 5) is 28.2. The minimum atomic E-state index is -0.275. The second kappa shape index (κ2) is 6.31. The van der Waals surface area contributed by atoms with Crippen molar-refractivity contribution in [2.24, 2.45) is 0 Å². The third-order valence-electron chi connectivity index (χ3n) is 3.28. The van der Waals surface area contributed by atoms with E-state index in [4.69, 9.17) is 10.5 Å². The molecule has 0 spiro atoms. The van der Waals surface area contributed by atoms with Crippen molar-refractivity contribution in [1.82, 2.24) is 10.2 Å². The Morgan fingerprint density at radius 2 is 1.95 bits per heavy atom. The maximum absolute atomic E-state index is 12.2. The molecule has 1 aromatic heterocycles. The summed E-state index contributed by atoms with van der Waals surface area (Å²) in [5, 5.41) is 3.32. The van der Waals surface area contributed by atoms with Crippen LogP contribution in [0.15, 0.2) is 0 Å². The normalized spacial score (nSPS) is 14.9. The highest BCUT2D eigenvalue weighted by atomic mass is 32.1. The van der Waals surface area contributed by atoms with Gasteiger partial charge < -0.3 is 25.6 Å². The lowest BCUT2D eigenvalue weighted by molar-refractivity contribution is 0.0833. The van der Waals surface area contributed by atoms with Crippen LogP contribution in [-0.2, 0) is 4.74 Å². The number of hydrogen-bond donors (Lipinski definition) is 2. The lowest BCUT2D eigenvalue weighted by Gasteiger charge is -2.28. The van der Waals surface area contributed by atoms with E-state index in [1.54, 1.807) is 21.1 Å². The van der Waals surface area contributed by atoms with Crippen molar-refractivity contribution in [1.29, 1.82) is 0 Å². The highest BCUT2D eigenvalue weighted by molar-refractivity contribution is 7.19. The molecule has 2 heterocycles. The van der Waals surface area contributed by atoms with Crippen LogP contribution in [0.2, 0.25) is 0 Å². The van der Waals surface area contributed by atoms with Crippen LogP contribution in [-0.4, -0.2) is 64.2 Å². The molecule has 0 saturated carbocycles. The van der Waals surface area contributed by atoms with Crippen molar-refractivity contribution >= 4 is 33.8 Å². The number of rotatable bonds is 3. The molecule has 1 aliphatic rings. The van der Waals surface area contributed by atoms with Gasteiger partial charge in [0, 0.05) is 34.2 Å². The zero-order chi connectivity index (χ0) is 15.6. The molecule has 2 amide bonds. The quantitative estimate of drug-likeness (QED) is 0.834. The molecule has 1 aromatic rings. The van der Waals surface area contributed by atoms with Crippen molar-refractivity contribution in [2.45, 2.75) is 0 Å². The maximum Gasteiger partial charge on any atom is 0.265 e. The molecule has 3 N–H and O–H groups in total. The molecule has 21 heavy (non-hydrogen) atoms. The molecule has 1 fully saturated rings. The molecule has 0 unspecified atom stereocenters. The molecule has 2 rings (SSSR count). The fraction of sp³-hybridized carbons (Fsp3) is 0.538. The van der Waals surface area contributed by atoms with Gasteiger partial charge in [-0.25, -0.2) is 0 Å². The molecule has 116 valence electrons. The molecule has 8 heteroatoms. The second-order valence-electron chi connectivity index (χ2n) is 4.90. The number of morpholine rings is 1. The molecule has 0 aliphatic carbocycles. The minimum Gasteiger partial charge on any atom is -0.397 e. The Labute approximate surface area is 127 Å². The number of nitrogen functional groups attached to an aromatic ring is 1. The Bertz CT molecular complexity index is 550. The third kappa shape index (κ3) is 2.96. The van der Waals surface area contributed by atoms with Crippen LogP contribution in [0.1, 0.15) is 20.0 Å². The van der Waals surface area contributed by atoms with Gasteiger partial charge >= 0.3 is 0 Å². The van der Waals surface area contributed by atoms with Crippen molar-refractivity contribution in [2.75, 3.05) is 58.1 Å². The van der Waals surface area contributed by atoms with Gasteiger partial charge in [-0.1, -0.05) is 0 Å². The summed E-state index contributed by atoms with van der Waals surface area (Å²) in [6.45, 7) is 2.56. The number of thiophene rings is 1. The van der Waals surface area contributed by atoms with Gasteiger partial charge in [0.2, 0.25) is 0 Å². The average Bonchev–Trinajstić information content (AvgIpc) is 2.84. The SMILES string of the molecule is CNC(=O)c1c(N2CCOCC2)sc(C(=O)N(C)C)c1N. The Morgan fingerprint density at radius 3 is 2.48 bits per heavy atom. The predicted octanol–water partition coefficient (Wildman–Crippen LogP) is 0.228. The van der Waals surface area contributed by atoms with E-state index < -0.39 is 0 Å². The molecule has 1 aliphatic heterocycles. The van der Waals surface area contributed by atoms with Gasteiger partial charge in [0.05, 0.1) is 24.5 Å². The number of nitrogens with two attached hydrogens (primary N) is 1. The van der Waals surface area contributed by atoms with E-state index >= 15 is 0 Å². The Morgan fingerprint density at radius 1 is 1.33 bits per heavy atom. The first kappa shape index (κ1) is 15.6. The average molecular weight is 312 g/mol. The molecular formula is C13H20N4O3S. The summed E-state index contributed by atoms with van der Waals surface area (Å²) in [5.41, 5.74) is 6.70. The van der Waals surface area contributed by atoms with Crippen molar-refractivity contribution < 1.29 is 14.3 Å². The van der Waals surface area contributed by atoms with E-state index in [0.29, 0.717) is 36.7 Å². The third-order valence-corrected chi connectivity index (χ3v) is 4.53. The summed E-state index contributed by atoms with van der Waals surface area (Å²) in [7, 11) is 4.88. The van der Waals surface area contributed by atoms with Crippen molar-refractivity contribution in [3.05, 3.63) is 10.4 Å². The topological polar surface area (TPSA) is 87.9 Å². The monoisotopic (exact) mass is 312 g/mol. The van der Waals surface area contributed by atoms with Crippen LogP contribution in [0.5, 0.6) is 0 Å². The highest BCUT2D eigenvalue weighted by Crippen LogP contribution is 2.39. The number of hydrogen-bond acceptors (Lipinski definition) is 6. The number of ether oxygens (including phenoxy) is 1. The summed E-state index contributed by atoms with van der Waals surface area (Å²) in [5.74, 6) is -0.467. The summed E-state index contributed by atoms with van der Waals surface area (Å²) >= 11 is 1.27. The van der Waals surface area contributed by atoms with Gasteiger partial charge in [0.25, 0.3) is 11.8 Å². The van der Waals surface area contributed by atoms with Gasteiger partial charge in [0.1, 0.15) is 9.88 Å². The van der Waals surface area contributed by atoms with Crippen LogP contribution in [0, 0.1) is 0 Å². The van der Waals surface area contributed by atoms with Crippen molar-refractivity contribution in [3.63, 3.8) is 0 Å². The Hall–Kier alpha value is -1.80. The zero-order valence-corrected chi connectivity index (χ0v) is 13.2. The van der Waals surface area contributed by atoms with Gasteiger partial charge in [-0.15, -0.1) is 11.3 Å². The van der Waals surface area contributed by atoms with Gasteiger partial charge in [-0.3, -0.25) is 9.59 Å². The molecule has 0 aromatic carbocycles. The van der Waals surface area contributed by atoms with E-state index in [0.717, 1.165) is 5.00 Å². The molecule has 1 saturated heterocycles. The van der Waals surface area contributed by atoms with Crippen LogP contribution in [0.4, 0.5) is 10.7 Å². The zero-order valence-electron chi connectivity index (χ0n) is 12.4. The number of carbonyl (C=O) groups is 2. The standard InChI is InChI=1S/C13H20N4O3S/c1-15-11(18)8-9(14)10(12(19)16(2)3)21-13(8)17-4-6-20-7-5-17/h4-7,14H2,1-3H3,(H,15,18). The van der Waals surface area contributed by atoms with Crippen LogP contribution in [0.3, 0.4) is 0 Å². The second-order valence-corrected chi connectivity index (χ2v) is 5.90. The Balaban J connectivity index is 2.49. The van der Waals surface area contributed by atoms with E-state index in [1.807, 2.05) is 4.90 Å². The molecule has 0 bridgehead atoms. The summed E-state index contributed by atoms with van der Waals surface area (Å²) in [6, 6.07) is 0. The number of carbonyl (C=O) groups excluding carboxylic acids is 2. The Kier molecular flexibility index (Phi) is 4.69. The van der Waals surface area contributed by atoms with Crippen molar-refractivity contribution in [3.8, 4) is 0 Å². The molecular weight excluding hydrogens is 292 g/mol. The van der Waals surface area contributed by atoms with Crippen LogP contribution >= 0.6 is 11.3 Å². The molecule has 0 atom stereocenters. The van der Waals surface area contributed by atoms with Gasteiger partial charge in [-0.2, -0.15) is 0 Å². The molecule has 7 nitrogen and oxygen atoms in total. The van der Waals surface area contributed by atoms with Gasteiger partial charge in [-0.05, 0) is 0 Å². The lowest BCUT2D eigenvalue weighted by Crippen LogP contribution is -2.37. The number of nitrogens with zero attached hydrogens (tertiary/aromatic N) is 2. The lowest BCUT2D eigenvalue weighted by atomic mass is 10.2. The fourth-order valence-electron chi connectivity index (χ4n) is 2.13. The first-order valence-corrected chi connectivity index (χ1v) is 7.47. The fourth-order valence-corrected chi connectivity index (χ4v) is 3.42. The van der Waals surface area contributed by atoms with E-state index in [1.165, 1.54) is 16.2 Å². The summed E-state index contributed by atoms with van der Waals surface area (Å²) < 4.78 is 5.33. The first-order valence-electron chi connectivity index (χ1n) is 6.66. The number of anilines is 2. The van der Waals surface area contributed by atoms with Crippen LogP contribution < -0.4 is 16.0 Å². The van der Waals surface area contributed by atoms with E-state index in [-0.39, 0.29) is 17.5 Å². The highest BCUT2D eigenvalue weighted by Gasteiger charge is 2.29. The smallest absolute Gasteiger partial charge is 0.265 e. The largest absolute Gasteiger partial charge is 0.397 e. The summed E-state index contributed by atoms with van der Waals surface area (Å²) in [6.07, 6.45) is 0. The van der Waals surface area contributed by atoms with E-state index in [9.17, 15) is 9.59 Å². The minimum absolute atomic E-state index is 0.192. The maximum atomic E-state index is 12.2. The predicted molar refractivity (Wildman–Crippen MR) is 83.2 cm³/mol. The number of amides is 2. The van der Waals surface area contributed by atoms with Crippen LogP contribution in [0.25, 0.3) is 0 Å². The first-order chi connectivity index (χ1) is 9.97. The molecule has 0 radical (unpaired) electrons.